The van der Waals surface area contributed by atoms with Crippen molar-refractivity contribution in [2.24, 2.45) is 0 Å². The molecule has 0 radical (unpaired) electrons. The number of nitrogens with one attached hydrogen (secondary N) is 1. The molecule has 0 unspecified atom stereocenters. The van der Waals surface area contributed by atoms with Crippen LogP contribution in [0.5, 0.6) is 0 Å². The molecule has 0 bridgehead atoms. The van der Waals surface area contributed by atoms with Crippen molar-refractivity contribution < 1.29 is 0 Å². The van der Waals surface area contributed by atoms with Crippen molar-refractivity contribution in [3.8, 4) is 6.07 Å². The summed E-state index contributed by atoms with van der Waals surface area (Å²) in [4.78, 5) is 8.09. The molecule has 1 N–H and O–H groups in total. The van der Waals surface area contributed by atoms with Gasteiger partial charge in [0.1, 0.15) is 5.82 Å². The van der Waals surface area contributed by atoms with Gasteiger partial charge in [-0.2, -0.15) is 5.26 Å². The van der Waals surface area contributed by atoms with E-state index in [0.717, 1.165) is 16.9 Å². The molecule has 0 spiro atoms. The van der Waals surface area contributed by atoms with E-state index in [-0.39, 0.29) is 0 Å². The van der Waals surface area contributed by atoms with E-state index in [9.17, 15) is 0 Å². The number of H-pyrrole nitrogens is 1. The molecule has 1 aromatic carbocycles. The van der Waals surface area contributed by atoms with Crippen LogP contribution in [0, 0.1) is 11.3 Å². The normalized spacial score (nSPS) is 17.5. The lowest BCUT2D eigenvalue weighted by Gasteiger charge is -2.09. The fourth-order valence-electron chi connectivity index (χ4n) is 2.85. The summed E-state index contributed by atoms with van der Waals surface area (Å²) >= 11 is 0. The summed E-state index contributed by atoms with van der Waals surface area (Å²) < 4.78 is 0. The molecule has 0 saturated heterocycles. The van der Waals surface area contributed by atoms with E-state index in [0.29, 0.717) is 11.5 Å². The highest BCUT2D eigenvalue weighted by atomic mass is 14.9. The lowest BCUT2D eigenvalue weighted by atomic mass is 10.00. The molecule has 18 heavy (non-hydrogen) atoms. The van der Waals surface area contributed by atoms with Gasteiger partial charge in [0, 0.05) is 5.92 Å². The molecular formula is C15H17N3. The molecule has 3 heteroatoms. The van der Waals surface area contributed by atoms with Crippen LogP contribution in [0.25, 0.3) is 11.0 Å². The van der Waals surface area contributed by atoms with E-state index in [2.05, 4.69) is 16.0 Å². The first-order valence-corrected chi connectivity index (χ1v) is 6.76. The van der Waals surface area contributed by atoms with Gasteiger partial charge >= 0.3 is 0 Å². The summed E-state index contributed by atoms with van der Waals surface area (Å²) in [5.74, 6) is 1.69. The quantitative estimate of drug-likeness (QED) is 0.768. The number of rotatable bonds is 1. The molecule has 0 atom stereocenters. The first kappa shape index (κ1) is 11.3. The second-order valence-electron chi connectivity index (χ2n) is 5.15. The molecule has 3 rings (SSSR count). The summed E-state index contributed by atoms with van der Waals surface area (Å²) in [6.07, 6.45) is 7.82. The highest BCUT2D eigenvalue weighted by Gasteiger charge is 2.17. The molecule has 1 aromatic heterocycles. The average Bonchev–Trinajstić information content (AvgIpc) is 2.63. The summed E-state index contributed by atoms with van der Waals surface area (Å²) in [6, 6.07) is 7.83. The third-order valence-corrected chi connectivity index (χ3v) is 3.87. The van der Waals surface area contributed by atoms with Crippen LogP contribution in [0.1, 0.15) is 55.8 Å². The van der Waals surface area contributed by atoms with Crippen LogP contribution in [-0.4, -0.2) is 9.97 Å². The average molecular weight is 239 g/mol. The third-order valence-electron chi connectivity index (χ3n) is 3.87. The van der Waals surface area contributed by atoms with E-state index in [1.807, 2.05) is 18.2 Å². The maximum absolute atomic E-state index is 8.91. The molecule has 1 fully saturated rings. The first-order chi connectivity index (χ1) is 8.86. The Balaban J connectivity index is 1.94. The van der Waals surface area contributed by atoms with Crippen molar-refractivity contribution in [1.29, 1.82) is 5.26 Å². The van der Waals surface area contributed by atoms with Crippen molar-refractivity contribution in [3.63, 3.8) is 0 Å². The molecule has 1 aliphatic carbocycles. The van der Waals surface area contributed by atoms with Gasteiger partial charge in [-0.1, -0.05) is 25.7 Å². The van der Waals surface area contributed by atoms with Crippen LogP contribution in [0.4, 0.5) is 0 Å². The number of benzene rings is 1. The maximum atomic E-state index is 8.91. The van der Waals surface area contributed by atoms with Gasteiger partial charge in [-0.3, -0.25) is 0 Å². The lowest BCUT2D eigenvalue weighted by Crippen LogP contribution is -1.99. The van der Waals surface area contributed by atoms with Crippen LogP contribution in [-0.2, 0) is 0 Å². The Kier molecular flexibility index (Phi) is 3.02. The van der Waals surface area contributed by atoms with Crippen LogP contribution < -0.4 is 0 Å². The smallest absolute Gasteiger partial charge is 0.110 e. The number of aromatic nitrogens is 2. The molecule has 1 saturated carbocycles. The minimum atomic E-state index is 0.574. The zero-order valence-electron chi connectivity index (χ0n) is 10.4. The predicted molar refractivity (Wildman–Crippen MR) is 71.3 cm³/mol. The van der Waals surface area contributed by atoms with Crippen molar-refractivity contribution in [2.45, 2.75) is 44.4 Å². The zero-order valence-corrected chi connectivity index (χ0v) is 10.4. The number of imidazole rings is 1. The van der Waals surface area contributed by atoms with E-state index >= 15 is 0 Å². The van der Waals surface area contributed by atoms with Crippen LogP contribution in [0.15, 0.2) is 18.2 Å². The second-order valence-corrected chi connectivity index (χ2v) is 5.15. The summed E-state index contributed by atoms with van der Waals surface area (Å²) in [5, 5.41) is 8.91. The highest BCUT2D eigenvalue weighted by Crippen LogP contribution is 2.31. The van der Waals surface area contributed by atoms with E-state index in [1.165, 1.54) is 38.5 Å². The number of hydrogen-bond donors (Lipinski definition) is 1. The molecule has 1 aliphatic rings. The van der Waals surface area contributed by atoms with Gasteiger partial charge in [0.2, 0.25) is 0 Å². The molecule has 0 aliphatic heterocycles. The van der Waals surface area contributed by atoms with Gasteiger partial charge in [-0.05, 0) is 31.0 Å². The fraction of sp³-hybridized carbons (Fsp3) is 0.467. The molecular weight excluding hydrogens is 222 g/mol. The third kappa shape index (κ3) is 2.11. The second kappa shape index (κ2) is 4.81. The SMILES string of the molecule is N#Cc1ccc2nc(C3CCCCCC3)[nH]c2c1. The van der Waals surface area contributed by atoms with Gasteiger partial charge in [0.15, 0.2) is 0 Å². The Bertz CT molecular complexity index is 583. The minimum Gasteiger partial charge on any atom is -0.342 e. The first-order valence-electron chi connectivity index (χ1n) is 6.76. The lowest BCUT2D eigenvalue weighted by molar-refractivity contribution is 0.567. The summed E-state index contributed by atoms with van der Waals surface area (Å²) in [5.41, 5.74) is 2.67. The molecule has 1 heterocycles. The van der Waals surface area contributed by atoms with Gasteiger partial charge < -0.3 is 4.98 Å². The van der Waals surface area contributed by atoms with E-state index in [4.69, 9.17) is 5.26 Å². The van der Waals surface area contributed by atoms with Crippen LogP contribution in [0.2, 0.25) is 0 Å². The summed E-state index contributed by atoms with van der Waals surface area (Å²) in [6.45, 7) is 0. The molecule has 0 amide bonds. The van der Waals surface area contributed by atoms with Gasteiger partial charge in [-0.15, -0.1) is 0 Å². The monoisotopic (exact) mass is 239 g/mol. The maximum Gasteiger partial charge on any atom is 0.110 e. The van der Waals surface area contributed by atoms with Gasteiger partial charge in [0.05, 0.1) is 22.7 Å². The number of aromatic amines is 1. The van der Waals surface area contributed by atoms with Crippen LogP contribution >= 0.6 is 0 Å². The molecule has 2 aromatic rings. The minimum absolute atomic E-state index is 0.574. The number of nitriles is 1. The molecule has 3 nitrogen and oxygen atoms in total. The largest absolute Gasteiger partial charge is 0.342 e. The Morgan fingerprint density at radius 2 is 1.94 bits per heavy atom. The van der Waals surface area contributed by atoms with E-state index in [1.54, 1.807) is 0 Å². The fourth-order valence-corrected chi connectivity index (χ4v) is 2.85. The van der Waals surface area contributed by atoms with Crippen molar-refractivity contribution >= 4 is 11.0 Å². The Morgan fingerprint density at radius 1 is 1.17 bits per heavy atom. The predicted octanol–water partition coefficient (Wildman–Crippen LogP) is 3.87. The topological polar surface area (TPSA) is 52.5 Å². The highest BCUT2D eigenvalue weighted by molar-refractivity contribution is 5.76. The zero-order chi connectivity index (χ0) is 12.4. The Morgan fingerprint density at radius 3 is 2.67 bits per heavy atom. The number of nitrogens with zero attached hydrogens (tertiary/aromatic N) is 2. The molecule has 92 valence electrons. The Hall–Kier alpha value is -1.82. The van der Waals surface area contributed by atoms with Gasteiger partial charge in [-0.25, -0.2) is 4.98 Å². The summed E-state index contributed by atoms with van der Waals surface area (Å²) in [7, 11) is 0. The number of fused-ring (bicyclic) bond motifs is 1. The van der Waals surface area contributed by atoms with Crippen molar-refractivity contribution in [1.82, 2.24) is 9.97 Å². The van der Waals surface area contributed by atoms with Gasteiger partial charge in [0.25, 0.3) is 0 Å². The Labute approximate surface area is 107 Å². The van der Waals surface area contributed by atoms with Crippen molar-refractivity contribution in [3.05, 3.63) is 29.6 Å². The number of hydrogen-bond acceptors (Lipinski definition) is 2. The van der Waals surface area contributed by atoms with Crippen LogP contribution in [0.3, 0.4) is 0 Å². The van der Waals surface area contributed by atoms with E-state index < -0.39 is 0 Å². The van der Waals surface area contributed by atoms with Crippen molar-refractivity contribution in [2.75, 3.05) is 0 Å². The standard InChI is InChI=1S/C15H17N3/c16-10-11-7-8-13-14(9-11)18-15(17-13)12-5-3-1-2-4-6-12/h7-9,12H,1-6H2,(H,17,18).